The molecule has 0 spiro atoms. The first kappa shape index (κ1) is 26.0. The Hall–Kier alpha value is -3.63. The summed E-state index contributed by atoms with van der Waals surface area (Å²) in [6.45, 7) is 0.588. The maximum atomic E-state index is 13.4. The molecule has 2 aromatic rings. The lowest BCUT2D eigenvalue weighted by molar-refractivity contribution is -0.132. The van der Waals surface area contributed by atoms with E-state index in [9.17, 15) is 4.79 Å². The van der Waals surface area contributed by atoms with Crippen LogP contribution in [0.15, 0.2) is 58.6 Å². The highest BCUT2D eigenvalue weighted by atomic mass is 16.7. The Kier molecular flexibility index (Phi) is 9.45. The normalized spacial score (nSPS) is 16.9. The number of hydrogen-bond acceptors (Lipinski definition) is 8. The number of ether oxygens (including phenoxy) is 4. The monoisotopic (exact) mass is 483 g/mol. The fourth-order valence-corrected chi connectivity index (χ4v) is 3.55. The van der Waals surface area contributed by atoms with Crippen molar-refractivity contribution in [2.24, 2.45) is 10.1 Å². The highest BCUT2D eigenvalue weighted by Gasteiger charge is 2.45. The summed E-state index contributed by atoms with van der Waals surface area (Å²) in [7, 11) is 2.97. The van der Waals surface area contributed by atoms with Crippen molar-refractivity contribution in [1.82, 2.24) is 5.32 Å². The summed E-state index contributed by atoms with van der Waals surface area (Å²) in [6, 6.07) is 14.2. The second kappa shape index (κ2) is 12.7. The molecule has 1 heterocycles. The molecular formula is C24H29N5O6. The highest BCUT2D eigenvalue weighted by molar-refractivity contribution is 6.00. The smallest absolute Gasteiger partial charge is 0.252 e. The number of nitrogens with one attached hydrogen (secondary N) is 1. The molecule has 0 aliphatic carbocycles. The van der Waals surface area contributed by atoms with Gasteiger partial charge in [-0.25, -0.2) is 4.99 Å². The summed E-state index contributed by atoms with van der Waals surface area (Å²) < 4.78 is 21.8. The van der Waals surface area contributed by atoms with Crippen molar-refractivity contribution in [1.29, 1.82) is 0 Å². The lowest BCUT2D eigenvalue weighted by Crippen LogP contribution is -2.50. The molecule has 0 unspecified atom stereocenters. The van der Waals surface area contributed by atoms with E-state index in [0.717, 1.165) is 0 Å². The van der Waals surface area contributed by atoms with Crippen LogP contribution in [-0.4, -0.2) is 69.3 Å². The molecule has 0 saturated heterocycles. The van der Waals surface area contributed by atoms with Crippen LogP contribution >= 0.6 is 0 Å². The zero-order valence-electron chi connectivity index (χ0n) is 19.7. The van der Waals surface area contributed by atoms with E-state index < -0.39 is 11.8 Å². The Morgan fingerprint density at radius 2 is 2.00 bits per heavy atom. The van der Waals surface area contributed by atoms with E-state index in [0.29, 0.717) is 41.5 Å². The van der Waals surface area contributed by atoms with Crippen LogP contribution in [0.4, 0.5) is 5.69 Å². The molecule has 1 amide bonds. The van der Waals surface area contributed by atoms with Crippen molar-refractivity contribution in [2.45, 2.75) is 24.7 Å². The van der Waals surface area contributed by atoms with Gasteiger partial charge in [0.25, 0.3) is 5.91 Å². The van der Waals surface area contributed by atoms with Gasteiger partial charge in [-0.05, 0) is 35.4 Å². The Morgan fingerprint density at radius 1 is 1.26 bits per heavy atom. The molecule has 1 aliphatic heterocycles. The Balaban J connectivity index is 1.89. The van der Waals surface area contributed by atoms with Crippen molar-refractivity contribution in [3.8, 4) is 5.75 Å². The van der Waals surface area contributed by atoms with Gasteiger partial charge in [0.05, 0.1) is 13.2 Å². The number of aliphatic hydroxyl groups is 1. The minimum atomic E-state index is -1.29. The first-order valence-corrected chi connectivity index (χ1v) is 11.1. The van der Waals surface area contributed by atoms with Gasteiger partial charge in [-0.2, -0.15) is 0 Å². The number of rotatable bonds is 13. The quantitative estimate of drug-likeness (QED) is 0.147. The lowest BCUT2D eigenvalue weighted by Gasteiger charge is -2.25. The number of amides is 1. The van der Waals surface area contributed by atoms with Gasteiger partial charge in [-0.3, -0.25) is 4.79 Å². The molecule has 11 heteroatoms. The number of aliphatic hydroxyl groups excluding tert-OH is 1. The van der Waals surface area contributed by atoms with Crippen LogP contribution in [0.25, 0.3) is 10.4 Å². The zero-order valence-corrected chi connectivity index (χ0v) is 19.7. The number of benzene rings is 2. The predicted molar refractivity (Wildman–Crippen MR) is 129 cm³/mol. The van der Waals surface area contributed by atoms with Crippen LogP contribution in [0.2, 0.25) is 0 Å². The van der Waals surface area contributed by atoms with Crippen LogP contribution in [-0.2, 0) is 25.4 Å². The first-order chi connectivity index (χ1) is 17.0. The van der Waals surface area contributed by atoms with Crippen molar-refractivity contribution in [3.05, 3.63) is 70.1 Å². The summed E-state index contributed by atoms with van der Waals surface area (Å²) in [5.41, 5.74) is 9.41. The Bertz CT molecular complexity index is 1070. The molecule has 0 fully saturated rings. The number of hydrogen-bond donors (Lipinski definition) is 2. The topological polar surface area (TPSA) is 147 Å². The summed E-state index contributed by atoms with van der Waals surface area (Å²) in [5.74, 6) is 0.600. The fraction of sp³-hybridized carbons (Fsp3) is 0.417. The summed E-state index contributed by atoms with van der Waals surface area (Å²) in [5, 5.41) is 15.5. The average molecular weight is 484 g/mol. The van der Waals surface area contributed by atoms with Gasteiger partial charge in [0.1, 0.15) is 12.4 Å². The zero-order chi connectivity index (χ0) is 25.1. The third-order valence-electron chi connectivity index (χ3n) is 5.44. The van der Waals surface area contributed by atoms with Gasteiger partial charge in [-0.15, -0.1) is 0 Å². The van der Waals surface area contributed by atoms with Crippen molar-refractivity contribution >= 4 is 17.5 Å². The van der Waals surface area contributed by atoms with Gasteiger partial charge in [0.15, 0.2) is 11.8 Å². The van der Waals surface area contributed by atoms with E-state index in [1.54, 1.807) is 48.5 Å². The number of azide groups is 1. The average Bonchev–Trinajstić information content (AvgIpc) is 3.32. The molecule has 1 aliphatic rings. The second-order valence-electron chi connectivity index (χ2n) is 7.79. The van der Waals surface area contributed by atoms with Crippen LogP contribution < -0.4 is 10.1 Å². The van der Waals surface area contributed by atoms with Gasteiger partial charge in [-0.1, -0.05) is 29.4 Å². The molecule has 11 nitrogen and oxygen atoms in total. The first-order valence-electron chi connectivity index (χ1n) is 11.1. The third kappa shape index (κ3) is 6.71. The second-order valence-corrected chi connectivity index (χ2v) is 7.79. The van der Waals surface area contributed by atoms with Crippen LogP contribution in [0, 0.1) is 0 Å². The standard InChI is InChI=1S/C24H29N5O6/c1-32-21(33-2)15-26-23(31)24(14-18-6-3-4-7-20(18)28-29-25)16-35-22(27-24)17-8-10-19(11-9-17)34-13-5-12-30/h3-4,6-11,21,30H,5,12-16H2,1-2H3,(H,26,31)/t24-/m1/s1. The van der Waals surface area contributed by atoms with Crippen molar-refractivity contribution < 1.29 is 28.8 Å². The number of aliphatic imine (C=N–C) groups is 1. The van der Waals surface area contributed by atoms with E-state index in [-0.39, 0.29) is 32.1 Å². The van der Waals surface area contributed by atoms with E-state index >= 15 is 0 Å². The molecule has 3 rings (SSSR count). The summed E-state index contributed by atoms with van der Waals surface area (Å²) in [4.78, 5) is 21.0. The molecule has 0 bridgehead atoms. The van der Waals surface area contributed by atoms with Crippen LogP contribution in [0.1, 0.15) is 17.5 Å². The van der Waals surface area contributed by atoms with E-state index in [1.807, 2.05) is 0 Å². The summed E-state index contributed by atoms with van der Waals surface area (Å²) >= 11 is 0. The minimum Gasteiger partial charge on any atom is -0.494 e. The molecule has 2 aromatic carbocycles. The largest absolute Gasteiger partial charge is 0.494 e. The molecule has 186 valence electrons. The van der Waals surface area contributed by atoms with Crippen molar-refractivity contribution in [3.63, 3.8) is 0 Å². The van der Waals surface area contributed by atoms with E-state index in [4.69, 9.17) is 34.6 Å². The van der Waals surface area contributed by atoms with Gasteiger partial charge < -0.3 is 29.4 Å². The lowest BCUT2D eigenvalue weighted by atomic mass is 9.90. The minimum absolute atomic E-state index is 0.00183. The Labute approximate surface area is 203 Å². The molecule has 0 aromatic heterocycles. The number of carbonyl (C=O) groups is 1. The Morgan fingerprint density at radius 3 is 2.69 bits per heavy atom. The third-order valence-corrected chi connectivity index (χ3v) is 5.44. The van der Waals surface area contributed by atoms with Crippen LogP contribution in [0.5, 0.6) is 5.75 Å². The van der Waals surface area contributed by atoms with Crippen LogP contribution in [0.3, 0.4) is 0 Å². The highest BCUT2D eigenvalue weighted by Crippen LogP contribution is 2.31. The van der Waals surface area contributed by atoms with Gasteiger partial charge >= 0.3 is 0 Å². The van der Waals surface area contributed by atoms with E-state index in [1.165, 1.54) is 14.2 Å². The van der Waals surface area contributed by atoms with Crippen molar-refractivity contribution in [2.75, 3.05) is 40.6 Å². The predicted octanol–water partition coefficient (Wildman–Crippen LogP) is 2.88. The molecule has 0 radical (unpaired) electrons. The number of methoxy groups -OCH3 is 2. The number of nitrogens with zero attached hydrogens (tertiary/aromatic N) is 4. The van der Waals surface area contributed by atoms with E-state index in [2.05, 4.69) is 15.3 Å². The maximum absolute atomic E-state index is 13.4. The van der Waals surface area contributed by atoms with Gasteiger partial charge in [0, 0.05) is 49.8 Å². The SMILES string of the molecule is COC(CNC(=O)[C@@]1(Cc2ccccc2N=[N+]=[N-])COC(c2ccc(OCCCO)cc2)=N1)OC. The molecule has 0 saturated carbocycles. The number of carbonyl (C=O) groups excluding carboxylic acids is 1. The maximum Gasteiger partial charge on any atom is 0.252 e. The fourth-order valence-electron chi connectivity index (χ4n) is 3.55. The molecule has 2 N–H and O–H groups in total. The molecule has 1 atom stereocenters. The molecule has 35 heavy (non-hydrogen) atoms. The molecular weight excluding hydrogens is 454 g/mol. The van der Waals surface area contributed by atoms with Gasteiger partial charge in [0.2, 0.25) is 5.90 Å². The summed E-state index contributed by atoms with van der Waals surface area (Å²) in [6.07, 6.45) is 0.0833.